The summed E-state index contributed by atoms with van der Waals surface area (Å²) in [6.07, 6.45) is -7.30. The fourth-order valence-electron chi connectivity index (χ4n) is 2.30. The van der Waals surface area contributed by atoms with E-state index in [0.29, 0.717) is 5.52 Å². The second-order valence-corrected chi connectivity index (χ2v) is 4.93. The van der Waals surface area contributed by atoms with Crippen LogP contribution in [0, 0.1) is 0 Å². The number of ether oxygens (including phenoxy) is 1. The summed E-state index contributed by atoms with van der Waals surface area (Å²) in [4.78, 5) is 17.0. The Morgan fingerprint density at radius 1 is 1.14 bits per heavy atom. The maximum absolute atomic E-state index is 11.8. The summed E-state index contributed by atoms with van der Waals surface area (Å²) in [6, 6.07) is 6.45. The normalized spacial score (nSPS) is 32.3. The van der Waals surface area contributed by atoms with Gasteiger partial charge in [-0.2, -0.15) is 0 Å². The van der Waals surface area contributed by atoms with Gasteiger partial charge in [0.05, 0.1) is 6.61 Å². The van der Waals surface area contributed by atoms with Crippen LogP contribution in [-0.4, -0.2) is 62.5 Å². The van der Waals surface area contributed by atoms with Crippen LogP contribution in [-0.2, 0) is 4.74 Å². The van der Waals surface area contributed by atoms with Crippen molar-refractivity contribution in [2.24, 2.45) is 0 Å². The fraction of sp³-hybridized carbons (Fsp3) is 0.462. The number of hydrogen-bond donors (Lipinski definition) is 4. The molecule has 0 spiro atoms. The standard InChI is InChI=1S/C13H15NO8/c15-5-8-9(16)10(17)11(18)12(20-8)22-14-6-3-1-2-4-7(6)21-13(14)19/h1-4,8-12,15-18H,5H2/t8-,9-,10+,11-,12+/m1/s1. The molecule has 120 valence electrons. The summed E-state index contributed by atoms with van der Waals surface area (Å²) < 4.78 is 10.9. The monoisotopic (exact) mass is 313 g/mol. The molecule has 0 radical (unpaired) electrons. The highest BCUT2D eigenvalue weighted by molar-refractivity contribution is 5.72. The van der Waals surface area contributed by atoms with Crippen LogP contribution in [0.5, 0.6) is 0 Å². The smallest absolute Gasteiger partial charge is 0.405 e. The van der Waals surface area contributed by atoms with Gasteiger partial charge in [-0.15, -0.1) is 4.73 Å². The van der Waals surface area contributed by atoms with E-state index in [1.165, 1.54) is 0 Å². The second-order valence-electron chi connectivity index (χ2n) is 4.93. The molecule has 22 heavy (non-hydrogen) atoms. The van der Waals surface area contributed by atoms with Crippen molar-refractivity contribution in [3.05, 3.63) is 34.8 Å². The van der Waals surface area contributed by atoms with Gasteiger partial charge in [-0.05, 0) is 12.1 Å². The fourth-order valence-corrected chi connectivity index (χ4v) is 2.30. The van der Waals surface area contributed by atoms with Crippen molar-refractivity contribution < 1.29 is 34.4 Å². The van der Waals surface area contributed by atoms with Crippen LogP contribution in [0.1, 0.15) is 0 Å². The molecule has 1 aliphatic rings. The van der Waals surface area contributed by atoms with Crippen LogP contribution in [0.15, 0.2) is 33.5 Å². The Bertz CT molecular complexity index is 707. The molecule has 2 aromatic rings. The molecular weight excluding hydrogens is 298 g/mol. The third-order valence-corrected chi connectivity index (χ3v) is 3.50. The van der Waals surface area contributed by atoms with E-state index in [1.54, 1.807) is 24.3 Å². The highest BCUT2D eigenvalue weighted by Crippen LogP contribution is 2.21. The Labute approximate surface area is 123 Å². The van der Waals surface area contributed by atoms with Crippen LogP contribution in [0.3, 0.4) is 0 Å². The number of hydrogen-bond acceptors (Lipinski definition) is 8. The highest BCUT2D eigenvalue weighted by Gasteiger charge is 2.45. The number of rotatable bonds is 3. The van der Waals surface area contributed by atoms with Crippen molar-refractivity contribution in [2.75, 3.05) is 6.61 Å². The minimum atomic E-state index is -1.61. The predicted octanol–water partition coefficient (Wildman–Crippen LogP) is -2.18. The molecule has 0 unspecified atom stereocenters. The van der Waals surface area contributed by atoms with Crippen LogP contribution < -0.4 is 10.6 Å². The van der Waals surface area contributed by atoms with Crippen molar-refractivity contribution in [3.63, 3.8) is 0 Å². The van der Waals surface area contributed by atoms with Crippen LogP contribution >= 0.6 is 0 Å². The zero-order chi connectivity index (χ0) is 15.9. The van der Waals surface area contributed by atoms with Crippen molar-refractivity contribution in [3.8, 4) is 0 Å². The number of oxazole rings is 1. The molecule has 4 N–H and O–H groups in total. The number of aliphatic hydroxyl groups excluding tert-OH is 4. The molecule has 2 heterocycles. The summed E-state index contributed by atoms with van der Waals surface area (Å²) in [5, 5.41) is 38.4. The van der Waals surface area contributed by atoms with Gasteiger partial charge in [0.1, 0.15) is 29.9 Å². The SMILES string of the molecule is O=c1oc2ccccc2n1O[C@@H]1O[C@H](CO)[C@@H](O)[C@H](O)[C@H]1O. The maximum atomic E-state index is 11.8. The molecule has 1 aromatic carbocycles. The Morgan fingerprint density at radius 2 is 1.86 bits per heavy atom. The molecule has 0 amide bonds. The zero-order valence-corrected chi connectivity index (χ0v) is 11.3. The summed E-state index contributed by atoms with van der Waals surface area (Å²) in [5.74, 6) is -0.835. The predicted molar refractivity (Wildman–Crippen MR) is 70.8 cm³/mol. The number of aromatic nitrogens is 1. The minimum Gasteiger partial charge on any atom is -0.405 e. The highest BCUT2D eigenvalue weighted by atomic mass is 16.8. The van der Waals surface area contributed by atoms with Crippen molar-refractivity contribution >= 4 is 11.1 Å². The molecule has 5 atom stereocenters. The quantitative estimate of drug-likeness (QED) is 0.502. The zero-order valence-electron chi connectivity index (χ0n) is 11.3. The molecule has 1 aliphatic heterocycles. The maximum Gasteiger partial charge on any atom is 0.453 e. The summed E-state index contributed by atoms with van der Waals surface area (Å²) in [7, 11) is 0. The molecular formula is C13H15NO8. The van der Waals surface area contributed by atoms with E-state index in [9.17, 15) is 20.1 Å². The summed E-state index contributed by atoms with van der Waals surface area (Å²) in [5.41, 5.74) is 0.585. The Balaban J connectivity index is 1.91. The molecule has 1 aromatic heterocycles. The lowest BCUT2D eigenvalue weighted by molar-refractivity contribution is -0.300. The molecule has 0 bridgehead atoms. The first-order valence-corrected chi connectivity index (χ1v) is 6.61. The Hall–Kier alpha value is -1.91. The molecule has 9 heteroatoms. The van der Waals surface area contributed by atoms with Gasteiger partial charge < -0.3 is 34.4 Å². The average molecular weight is 313 g/mol. The molecule has 1 saturated heterocycles. The van der Waals surface area contributed by atoms with Gasteiger partial charge in [0, 0.05) is 0 Å². The van der Waals surface area contributed by atoms with Gasteiger partial charge in [-0.1, -0.05) is 12.1 Å². The van der Waals surface area contributed by atoms with Crippen molar-refractivity contribution in [1.29, 1.82) is 0 Å². The van der Waals surface area contributed by atoms with Gasteiger partial charge in [0.15, 0.2) is 5.58 Å². The van der Waals surface area contributed by atoms with Gasteiger partial charge >= 0.3 is 5.76 Å². The topological polar surface area (TPSA) is 135 Å². The lowest BCUT2D eigenvalue weighted by Crippen LogP contribution is -2.61. The molecule has 0 saturated carbocycles. The first-order chi connectivity index (χ1) is 10.5. The van der Waals surface area contributed by atoms with Crippen LogP contribution in [0.2, 0.25) is 0 Å². The molecule has 3 rings (SSSR count). The molecule has 1 fully saturated rings. The van der Waals surface area contributed by atoms with E-state index in [-0.39, 0.29) is 5.58 Å². The van der Waals surface area contributed by atoms with Gasteiger partial charge in [-0.25, -0.2) is 4.79 Å². The van der Waals surface area contributed by atoms with Gasteiger partial charge in [-0.3, -0.25) is 0 Å². The van der Waals surface area contributed by atoms with E-state index in [2.05, 4.69) is 0 Å². The minimum absolute atomic E-state index is 0.275. The van der Waals surface area contributed by atoms with Crippen molar-refractivity contribution in [2.45, 2.75) is 30.7 Å². The molecule has 0 aliphatic carbocycles. The third kappa shape index (κ3) is 2.38. The lowest BCUT2D eigenvalue weighted by atomic mass is 9.99. The van der Waals surface area contributed by atoms with Crippen molar-refractivity contribution in [1.82, 2.24) is 4.73 Å². The summed E-state index contributed by atoms with van der Waals surface area (Å²) in [6.45, 7) is -0.591. The summed E-state index contributed by atoms with van der Waals surface area (Å²) >= 11 is 0. The van der Waals surface area contributed by atoms with E-state index in [0.717, 1.165) is 4.73 Å². The van der Waals surface area contributed by atoms with E-state index in [1.807, 2.05) is 0 Å². The van der Waals surface area contributed by atoms with Crippen LogP contribution in [0.25, 0.3) is 11.1 Å². The molecule has 9 nitrogen and oxygen atoms in total. The number of benzene rings is 1. The van der Waals surface area contributed by atoms with E-state index < -0.39 is 43.1 Å². The number of aliphatic hydroxyl groups is 4. The Kier molecular flexibility index (Phi) is 3.89. The van der Waals surface area contributed by atoms with Gasteiger partial charge in [0.2, 0.25) is 0 Å². The number of fused-ring (bicyclic) bond motifs is 1. The first-order valence-electron chi connectivity index (χ1n) is 6.61. The average Bonchev–Trinajstić information content (AvgIpc) is 2.83. The van der Waals surface area contributed by atoms with Gasteiger partial charge in [0.25, 0.3) is 6.29 Å². The lowest BCUT2D eigenvalue weighted by Gasteiger charge is -2.38. The van der Waals surface area contributed by atoms with E-state index in [4.69, 9.17) is 19.1 Å². The van der Waals surface area contributed by atoms with Crippen LogP contribution in [0.4, 0.5) is 0 Å². The number of para-hydroxylation sites is 2. The Morgan fingerprint density at radius 3 is 2.59 bits per heavy atom. The number of nitrogens with zero attached hydrogens (tertiary/aromatic N) is 1. The first kappa shape index (κ1) is 15.0. The second kappa shape index (κ2) is 5.71. The third-order valence-electron chi connectivity index (χ3n) is 3.50. The van der Waals surface area contributed by atoms with E-state index >= 15 is 0 Å². The largest absolute Gasteiger partial charge is 0.453 e.